The predicted octanol–water partition coefficient (Wildman–Crippen LogP) is 2.53. The van der Waals surface area contributed by atoms with E-state index in [1.165, 1.54) is 0 Å². The molecule has 0 saturated carbocycles. The highest BCUT2D eigenvalue weighted by molar-refractivity contribution is 9.10. The summed E-state index contributed by atoms with van der Waals surface area (Å²) in [4.78, 5) is 14.3. The molecule has 0 fully saturated rings. The van der Waals surface area contributed by atoms with Crippen molar-refractivity contribution in [1.82, 2.24) is 4.98 Å². The second kappa shape index (κ2) is 4.18. The molecule has 0 atom stereocenters. The van der Waals surface area contributed by atoms with Crippen LogP contribution < -0.4 is 5.73 Å². The molecule has 1 aromatic heterocycles. The number of halogens is 4. The van der Waals surface area contributed by atoms with Crippen molar-refractivity contribution >= 4 is 33.4 Å². The third-order valence-electron chi connectivity index (χ3n) is 1.43. The van der Waals surface area contributed by atoms with E-state index >= 15 is 0 Å². The first-order chi connectivity index (χ1) is 6.43. The molecule has 0 aromatic carbocycles. The molecule has 0 aliphatic rings. The van der Waals surface area contributed by atoms with Crippen LogP contribution in [0.25, 0.3) is 0 Å². The number of rotatable bonds is 2. The van der Waals surface area contributed by atoms with Crippen LogP contribution >= 0.6 is 27.5 Å². The summed E-state index contributed by atoms with van der Waals surface area (Å²) in [7, 11) is 0. The molecule has 7 heteroatoms. The van der Waals surface area contributed by atoms with E-state index in [2.05, 4.69) is 20.9 Å². The Balaban J connectivity index is 3.39. The standard InChI is InChI=1S/C7H4BrClF2N2O/c8-5-3(9)1-2(6(10)11)4(13-5)7(12)14/h1,6H,(H2,12,14). The van der Waals surface area contributed by atoms with Gasteiger partial charge in [0.15, 0.2) is 0 Å². The Morgan fingerprint density at radius 3 is 2.64 bits per heavy atom. The first-order valence-electron chi connectivity index (χ1n) is 3.37. The lowest BCUT2D eigenvalue weighted by molar-refractivity contribution is 0.0980. The zero-order chi connectivity index (χ0) is 10.9. The molecule has 0 spiro atoms. The largest absolute Gasteiger partial charge is 0.364 e. The summed E-state index contributed by atoms with van der Waals surface area (Å²) < 4.78 is 24.9. The molecule has 0 bridgehead atoms. The number of hydrogen-bond acceptors (Lipinski definition) is 2. The quantitative estimate of drug-likeness (QED) is 0.849. The fourth-order valence-corrected chi connectivity index (χ4v) is 1.30. The Bertz CT molecular complexity index is 386. The Kier molecular flexibility index (Phi) is 3.38. The van der Waals surface area contributed by atoms with Gasteiger partial charge >= 0.3 is 0 Å². The topological polar surface area (TPSA) is 56.0 Å². The van der Waals surface area contributed by atoms with Crippen molar-refractivity contribution in [3.8, 4) is 0 Å². The van der Waals surface area contributed by atoms with Crippen molar-refractivity contribution in [1.29, 1.82) is 0 Å². The fraction of sp³-hybridized carbons (Fsp3) is 0.143. The van der Waals surface area contributed by atoms with Crippen LogP contribution in [-0.2, 0) is 0 Å². The van der Waals surface area contributed by atoms with Crippen LogP contribution in [0.4, 0.5) is 8.78 Å². The molecule has 3 nitrogen and oxygen atoms in total. The molecular weight excluding hydrogens is 281 g/mol. The van der Waals surface area contributed by atoms with E-state index < -0.39 is 23.6 Å². The van der Waals surface area contributed by atoms with Crippen molar-refractivity contribution in [3.63, 3.8) is 0 Å². The number of aromatic nitrogens is 1. The summed E-state index contributed by atoms with van der Waals surface area (Å²) in [5.41, 5.74) is 3.83. The van der Waals surface area contributed by atoms with E-state index in [1.807, 2.05) is 0 Å². The summed E-state index contributed by atoms with van der Waals surface area (Å²) in [5.74, 6) is -1.02. The number of hydrogen-bond donors (Lipinski definition) is 1. The monoisotopic (exact) mass is 284 g/mol. The van der Waals surface area contributed by atoms with Gasteiger partial charge in [-0.25, -0.2) is 13.8 Å². The zero-order valence-electron chi connectivity index (χ0n) is 6.60. The molecule has 0 unspecified atom stereocenters. The van der Waals surface area contributed by atoms with Crippen LogP contribution in [-0.4, -0.2) is 10.9 Å². The number of carbonyl (C=O) groups is 1. The van der Waals surface area contributed by atoms with Crippen LogP contribution in [0.2, 0.25) is 5.02 Å². The van der Waals surface area contributed by atoms with Crippen molar-refractivity contribution in [2.45, 2.75) is 6.43 Å². The molecule has 1 amide bonds. The number of amides is 1. The zero-order valence-corrected chi connectivity index (χ0v) is 8.94. The summed E-state index contributed by atoms with van der Waals surface area (Å²) in [6.07, 6.45) is -2.84. The lowest BCUT2D eigenvalue weighted by Crippen LogP contribution is -2.16. The highest BCUT2D eigenvalue weighted by Gasteiger charge is 2.20. The fourth-order valence-electron chi connectivity index (χ4n) is 0.844. The molecule has 2 N–H and O–H groups in total. The molecule has 0 aliphatic heterocycles. The molecule has 76 valence electrons. The lowest BCUT2D eigenvalue weighted by atomic mass is 10.2. The first kappa shape index (κ1) is 11.3. The van der Waals surface area contributed by atoms with Gasteiger partial charge in [-0.1, -0.05) is 11.6 Å². The number of carbonyl (C=O) groups excluding carboxylic acids is 1. The van der Waals surface area contributed by atoms with Gasteiger partial charge in [-0.15, -0.1) is 0 Å². The van der Waals surface area contributed by atoms with Gasteiger partial charge in [-0.3, -0.25) is 4.79 Å². The number of alkyl halides is 2. The Morgan fingerprint density at radius 2 is 2.21 bits per heavy atom. The molecule has 0 radical (unpaired) electrons. The normalized spacial score (nSPS) is 10.6. The number of pyridine rings is 1. The molecule has 0 aliphatic carbocycles. The maximum atomic E-state index is 12.4. The summed E-state index contributed by atoms with van der Waals surface area (Å²) in [6, 6.07) is 0.962. The Hall–Kier alpha value is -0.750. The maximum Gasteiger partial charge on any atom is 0.267 e. The van der Waals surface area contributed by atoms with E-state index in [0.717, 1.165) is 6.07 Å². The number of primary amides is 1. The van der Waals surface area contributed by atoms with E-state index in [9.17, 15) is 13.6 Å². The molecule has 0 saturated heterocycles. The van der Waals surface area contributed by atoms with Crippen molar-refractivity contribution < 1.29 is 13.6 Å². The van der Waals surface area contributed by atoms with Gasteiger partial charge in [0.25, 0.3) is 12.3 Å². The summed E-state index contributed by atoms with van der Waals surface area (Å²) >= 11 is 8.44. The van der Waals surface area contributed by atoms with Crippen LogP contribution in [0.5, 0.6) is 0 Å². The second-order valence-electron chi connectivity index (χ2n) is 2.36. The summed E-state index contributed by atoms with van der Waals surface area (Å²) in [5, 5.41) is 0.00491. The van der Waals surface area contributed by atoms with E-state index in [0.29, 0.717) is 0 Å². The van der Waals surface area contributed by atoms with Gasteiger partial charge < -0.3 is 5.73 Å². The van der Waals surface area contributed by atoms with Crippen molar-refractivity contribution in [2.24, 2.45) is 5.73 Å². The first-order valence-corrected chi connectivity index (χ1v) is 4.54. The van der Waals surface area contributed by atoms with E-state index in [1.54, 1.807) is 0 Å². The Labute approximate surface area is 91.4 Å². The highest BCUT2D eigenvalue weighted by Crippen LogP contribution is 2.28. The highest BCUT2D eigenvalue weighted by atomic mass is 79.9. The predicted molar refractivity (Wildman–Crippen MR) is 50.4 cm³/mol. The molecular formula is C7H4BrClF2N2O. The van der Waals surface area contributed by atoms with Gasteiger partial charge in [0, 0.05) is 0 Å². The van der Waals surface area contributed by atoms with Crippen molar-refractivity contribution in [3.05, 3.63) is 26.9 Å². The molecule has 14 heavy (non-hydrogen) atoms. The van der Waals surface area contributed by atoms with Crippen molar-refractivity contribution in [2.75, 3.05) is 0 Å². The van der Waals surface area contributed by atoms with Crippen LogP contribution in [0.3, 0.4) is 0 Å². The van der Waals surface area contributed by atoms with Crippen LogP contribution in [0, 0.1) is 0 Å². The minimum absolute atomic E-state index is 0.00491. The third-order valence-corrected chi connectivity index (χ3v) is 2.55. The minimum Gasteiger partial charge on any atom is -0.364 e. The SMILES string of the molecule is NC(=O)c1nc(Br)c(Cl)cc1C(F)F. The average molecular weight is 285 g/mol. The number of nitrogens with zero attached hydrogens (tertiary/aromatic N) is 1. The van der Waals surface area contributed by atoms with E-state index in [4.69, 9.17) is 17.3 Å². The van der Waals surface area contributed by atoms with Crippen LogP contribution in [0.1, 0.15) is 22.5 Å². The molecule has 1 heterocycles. The van der Waals surface area contributed by atoms with Gasteiger partial charge in [-0.2, -0.15) is 0 Å². The molecule has 1 rings (SSSR count). The average Bonchev–Trinajstić information content (AvgIpc) is 2.08. The van der Waals surface area contributed by atoms with Gasteiger partial charge in [0.2, 0.25) is 0 Å². The number of nitrogens with two attached hydrogens (primary N) is 1. The Morgan fingerprint density at radius 1 is 1.64 bits per heavy atom. The molecule has 1 aromatic rings. The van der Waals surface area contributed by atoms with Gasteiger partial charge in [0.05, 0.1) is 10.6 Å². The summed E-state index contributed by atoms with van der Waals surface area (Å²) in [6.45, 7) is 0. The van der Waals surface area contributed by atoms with Gasteiger partial charge in [-0.05, 0) is 22.0 Å². The third kappa shape index (κ3) is 2.19. The van der Waals surface area contributed by atoms with E-state index in [-0.39, 0.29) is 9.63 Å². The smallest absolute Gasteiger partial charge is 0.267 e. The minimum atomic E-state index is -2.84. The second-order valence-corrected chi connectivity index (χ2v) is 3.52. The maximum absolute atomic E-state index is 12.4. The van der Waals surface area contributed by atoms with Gasteiger partial charge in [0.1, 0.15) is 10.3 Å². The van der Waals surface area contributed by atoms with Crippen LogP contribution in [0.15, 0.2) is 10.7 Å². The lowest BCUT2D eigenvalue weighted by Gasteiger charge is -2.06.